The molecule has 0 amide bonds. The molecule has 0 bridgehead atoms. The van der Waals surface area contributed by atoms with Crippen LogP contribution in [0.4, 0.5) is 0 Å². The lowest BCUT2D eigenvalue weighted by Gasteiger charge is -2.13. The van der Waals surface area contributed by atoms with Gasteiger partial charge in [-0.15, -0.1) is 22.7 Å². The monoisotopic (exact) mass is 586 g/mol. The molecule has 42 heavy (non-hydrogen) atoms. The minimum absolute atomic E-state index is 0.0760. The largest absolute Gasteiger partial charge is 0.294 e. The average molecular weight is 587 g/mol. The summed E-state index contributed by atoms with van der Waals surface area (Å²) in [6.45, 7) is 4.79. The molecule has 0 saturated carbocycles. The van der Waals surface area contributed by atoms with Crippen LogP contribution in [0.15, 0.2) is 106 Å². The molecular formula is C34H26N4O2S2. The number of hydrogen-bond donors (Lipinski definition) is 0. The average Bonchev–Trinajstić information content (AvgIpc) is 3.63. The van der Waals surface area contributed by atoms with Crippen LogP contribution in [0, 0.1) is 13.8 Å². The molecule has 0 spiro atoms. The lowest BCUT2D eigenvalue weighted by atomic mass is 10.0. The Morgan fingerprint density at radius 2 is 1.00 bits per heavy atom. The van der Waals surface area contributed by atoms with Crippen molar-refractivity contribution in [3.63, 3.8) is 0 Å². The fraction of sp³-hybridized carbons (Fsp3) is 0.118. The zero-order valence-electron chi connectivity index (χ0n) is 23.1. The molecule has 8 heteroatoms. The summed E-state index contributed by atoms with van der Waals surface area (Å²) >= 11 is 2.96. The number of hydrogen-bond acceptors (Lipinski definition) is 6. The van der Waals surface area contributed by atoms with Crippen LogP contribution in [0.5, 0.6) is 0 Å². The molecule has 206 valence electrons. The van der Waals surface area contributed by atoms with E-state index in [1.807, 2.05) is 73.1 Å². The van der Waals surface area contributed by atoms with Crippen LogP contribution in [0.25, 0.3) is 42.7 Å². The van der Waals surface area contributed by atoms with Gasteiger partial charge < -0.3 is 0 Å². The molecule has 0 saturated heterocycles. The van der Waals surface area contributed by atoms with Crippen molar-refractivity contribution in [3.05, 3.63) is 139 Å². The van der Waals surface area contributed by atoms with E-state index in [0.29, 0.717) is 23.9 Å². The molecular weight excluding hydrogens is 561 g/mol. The summed E-state index contributed by atoms with van der Waals surface area (Å²) in [5.41, 5.74) is 7.90. The second-order valence-electron chi connectivity index (χ2n) is 10.5. The second kappa shape index (κ2) is 10.6. The number of nitrogens with zero attached hydrogens (tertiary/aromatic N) is 4. The Balaban J connectivity index is 1.25. The highest BCUT2D eigenvalue weighted by atomic mass is 32.1. The van der Waals surface area contributed by atoms with Crippen LogP contribution in [-0.4, -0.2) is 19.1 Å². The number of thiophene rings is 2. The number of aromatic nitrogens is 4. The highest BCUT2D eigenvalue weighted by molar-refractivity contribution is 7.17. The molecule has 0 aliphatic carbocycles. The SMILES string of the molecule is Cc1ccc(-c2csc3ncn(Cc4ccccc4Cn4cnc5scc(-c6ccc(C)cc6)c5c4=O)c(=O)c23)cc1. The third kappa shape index (κ3) is 4.68. The normalized spacial score (nSPS) is 11.5. The quantitative estimate of drug-likeness (QED) is 0.205. The number of rotatable bonds is 6. The van der Waals surface area contributed by atoms with Crippen molar-refractivity contribution >= 4 is 43.1 Å². The van der Waals surface area contributed by atoms with E-state index in [-0.39, 0.29) is 11.1 Å². The Morgan fingerprint density at radius 1 is 0.595 bits per heavy atom. The molecule has 0 fully saturated rings. The summed E-state index contributed by atoms with van der Waals surface area (Å²) in [6.07, 6.45) is 3.24. The van der Waals surface area contributed by atoms with Crippen LogP contribution in [0.1, 0.15) is 22.3 Å². The van der Waals surface area contributed by atoms with Gasteiger partial charge in [0.15, 0.2) is 0 Å². The van der Waals surface area contributed by atoms with Gasteiger partial charge in [-0.3, -0.25) is 18.7 Å². The highest BCUT2D eigenvalue weighted by Gasteiger charge is 2.16. The van der Waals surface area contributed by atoms with E-state index in [1.165, 1.54) is 33.8 Å². The van der Waals surface area contributed by atoms with Gasteiger partial charge in [0.05, 0.1) is 36.5 Å². The maximum atomic E-state index is 13.8. The van der Waals surface area contributed by atoms with Gasteiger partial charge in [0.2, 0.25) is 0 Å². The highest BCUT2D eigenvalue weighted by Crippen LogP contribution is 2.32. The predicted molar refractivity (Wildman–Crippen MR) is 173 cm³/mol. The van der Waals surface area contributed by atoms with Crippen molar-refractivity contribution in [3.8, 4) is 22.3 Å². The van der Waals surface area contributed by atoms with Crippen molar-refractivity contribution in [2.45, 2.75) is 26.9 Å². The van der Waals surface area contributed by atoms with Gasteiger partial charge in [-0.25, -0.2) is 9.97 Å². The van der Waals surface area contributed by atoms with E-state index >= 15 is 0 Å². The van der Waals surface area contributed by atoms with E-state index in [4.69, 9.17) is 0 Å². The molecule has 0 aliphatic heterocycles. The van der Waals surface area contributed by atoms with Crippen LogP contribution >= 0.6 is 22.7 Å². The van der Waals surface area contributed by atoms with Crippen molar-refractivity contribution in [2.24, 2.45) is 0 Å². The van der Waals surface area contributed by atoms with E-state index in [9.17, 15) is 9.59 Å². The van der Waals surface area contributed by atoms with Gasteiger partial charge in [-0.05, 0) is 36.1 Å². The van der Waals surface area contributed by atoms with Crippen LogP contribution in [0.3, 0.4) is 0 Å². The molecule has 4 aromatic heterocycles. The van der Waals surface area contributed by atoms with E-state index in [0.717, 1.165) is 43.0 Å². The maximum Gasteiger partial charge on any atom is 0.263 e. The van der Waals surface area contributed by atoms with Crippen molar-refractivity contribution < 1.29 is 0 Å². The minimum atomic E-state index is -0.0760. The van der Waals surface area contributed by atoms with Crippen molar-refractivity contribution in [1.29, 1.82) is 0 Å². The topological polar surface area (TPSA) is 69.8 Å². The summed E-state index contributed by atoms with van der Waals surface area (Å²) < 4.78 is 3.31. The lowest BCUT2D eigenvalue weighted by molar-refractivity contribution is 0.708. The smallest absolute Gasteiger partial charge is 0.263 e. The van der Waals surface area contributed by atoms with E-state index in [1.54, 1.807) is 21.8 Å². The fourth-order valence-corrected chi connectivity index (χ4v) is 7.10. The zero-order chi connectivity index (χ0) is 28.8. The Labute approximate surface area is 249 Å². The first-order chi connectivity index (χ1) is 20.5. The predicted octanol–water partition coefficient (Wildman–Crippen LogP) is 7.28. The fourth-order valence-electron chi connectivity index (χ4n) is 5.28. The Hall–Kier alpha value is -4.66. The molecule has 7 aromatic rings. The molecule has 7 rings (SSSR count). The maximum absolute atomic E-state index is 13.8. The van der Waals surface area contributed by atoms with E-state index in [2.05, 4.69) is 34.2 Å². The first-order valence-corrected chi connectivity index (χ1v) is 15.4. The summed E-state index contributed by atoms with van der Waals surface area (Å²) in [4.78, 5) is 38.2. The minimum Gasteiger partial charge on any atom is -0.294 e. The van der Waals surface area contributed by atoms with Gasteiger partial charge in [0, 0.05) is 21.9 Å². The Kier molecular flexibility index (Phi) is 6.64. The lowest BCUT2D eigenvalue weighted by Crippen LogP contribution is -2.24. The summed E-state index contributed by atoms with van der Waals surface area (Å²) in [5.74, 6) is 0. The summed E-state index contributed by atoms with van der Waals surface area (Å²) in [7, 11) is 0. The van der Waals surface area contributed by atoms with Crippen LogP contribution < -0.4 is 11.1 Å². The second-order valence-corrected chi connectivity index (χ2v) is 12.2. The number of aryl methyl sites for hydroxylation is 2. The number of benzene rings is 3. The van der Waals surface area contributed by atoms with Crippen LogP contribution in [-0.2, 0) is 13.1 Å². The summed E-state index contributed by atoms with van der Waals surface area (Å²) in [5, 5.41) is 5.28. The van der Waals surface area contributed by atoms with Crippen molar-refractivity contribution in [2.75, 3.05) is 0 Å². The molecule has 0 radical (unpaired) electrons. The van der Waals surface area contributed by atoms with Crippen LogP contribution in [0.2, 0.25) is 0 Å². The standard InChI is InChI=1S/C34H26N4O2S2/c1-21-7-11-23(12-8-21)27-17-41-31-29(27)33(39)37(19-35-31)15-25-5-3-4-6-26(25)16-38-20-36-32-30(34(38)40)28(18-42-32)24-13-9-22(2)10-14-24/h3-14,17-20H,15-16H2,1-2H3. The van der Waals surface area contributed by atoms with E-state index < -0.39 is 0 Å². The zero-order valence-corrected chi connectivity index (χ0v) is 24.7. The Morgan fingerprint density at radius 3 is 1.40 bits per heavy atom. The van der Waals surface area contributed by atoms with Gasteiger partial charge in [-0.2, -0.15) is 0 Å². The molecule has 0 atom stereocenters. The van der Waals surface area contributed by atoms with Gasteiger partial charge in [-0.1, -0.05) is 83.9 Å². The Bertz CT molecular complexity index is 2050. The molecule has 4 heterocycles. The molecule has 3 aromatic carbocycles. The third-order valence-electron chi connectivity index (χ3n) is 7.65. The number of fused-ring (bicyclic) bond motifs is 2. The summed E-state index contributed by atoms with van der Waals surface area (Å²) in [6, 6.07) is 24.3. The first-order valence-electron chi connectivity index (χ1n) is 13.6. The molecule has 0 aliphatic rings. The van der Waals surface area contributed by atoms with Gasteiger partial charge >= 0.3 is 0 Å². The first kappa shape index (κ1) is 26.3. The third-order valence-corrected chi connectivity index (χ3v) is 9.42. The molecule has 6 nitrogen and oxygen atoms in total. The molecule has 0 unspecified atom stereocenters. The van der Waals surface area contributed by atoms with Gasteiger partial charge in [0.1, 0.15) is 9.66 Å². The molecule has 0 N–H and O–H groups in total. The van der Waals surface area contributed by atoms with Gasteiger partial charge in [0.25, 0.3) is 11.1 Å². The van der Waals surface area contributed by atoms with Crippen molar-refractivity contribution in [1.82, 2.24) is 19.1 Å².